The number of furan rings is 1. The molecule has 0 amide bonds. The molecule has 0 bridgehead atoms. The summed E-state index contributed by atoms with van der Waals surface area (Å²) in [5, 5.41) is 0.475. The Balaban J connectivity index is 1.92. The quantitative estimate of drug-likeness (QED) is 0.398. The van der Waals surface area contributed by atoms with Gasteiger partial charge in [-0.15, -0.1) is 0 Å². The second-order valence-electron chi connectivity index (χ2n) is 8.80. The molecule has 34 heavy (non-hydrogen) atoms. The van der Waals surface area contributed by atoms with Crippen LogP contribution in [0, 0.1) is 13.8 Å². The van der Waals surface area contributed by atoms with Crippen LogP contribution in [0.2, 0.25) is 0 Å². The van der Waals surface area contributed by atoms with Gasteiger partial charge in [0.2, 0.25) is 0 Å². The summed E-state index contributed by atoms with van der Waals surface area (Å²) in [6.07, 6.45) is 0.960. The molecule has 0 aliphatic carbocycles. The molecule has 7 heteroatoms. The lowest BCUT2D eigenvalue weighted by atomic mass is 10.0. The summed E-state index contributed by atoms with van der Waals surface area (Å²) in [4.78, 5) is 26.7. The number of rotatable bonds is 2. The minimum absolute atomic E-state index is 0.342. The van der Waals surface area contributed by atoms with E-state index in [-0.39, 0.29) is 5.56 Å². The molecule has 0 spiro atoms. The summed E-state index contributed by atoms with van der Waals surface area (Å²) in [6.45, 7) is 4.04. The van der Waals surface area contributed by atoms with Crippen LogP contribution in [0.15, 0.2) is 74.9 Å². The fraction of sp³-hybridized carbons (Fsp3) is 0.185. The van der Waals surface area contributed by atoms with E-state index >= 15 is 0 Å². The van der Waals surface area contributed by atoms with Gasteiger partial charge in [0.1, 0.15) is 5.75 Å². The van der Waals surface area contributed by atoms with Gasteiger partial charge in [0.15, 0.2) is 11.9 Å². The van der Waals surface area contributed by atoms with Crippen LogP contribution in [0.25, 0.3) is 27.8 Å². The third-order valence-corrected chi connectivity index (χ3v) is 6.66. The molecular weight excluding hydrogens is 430 g/mol. The Bertz CT molecular complexity index is 1720. The van der Waals surface area contributed by atoms with Crippen LogP contribution in [0.1, 0.15) is 28.7 Å². The zero-order valence-corrected chi connectivity index (χ0v) is 19.3. The van der Waals surface area contributed by atoms with Gasteiger partial charge in [0.05, 0.1) is 34.2 Å². The molecule has 170 valence electrons. The minimum Gasteiger partial charge on any atom is -0.474 e. The highest BCUT2D eigenvalue weighted by Gasteiger charge is 2.37. The standard InChI is InChI=1S/C27H23N3O4/c1-15-11-12-19-18(14-15)30-22(17-9-6-5-8-16(17)2)21-23(28(3)27(32)29(4)26(21)31)24(30)25(34-19)20-10-7-13-33-20/h5-14,25H,1-4H3/t25-/m0/s1. The summed E-state index contributed by atoms with van der Waals surface area (Å²) < 4.78 is 17.0. The third-order valence-electron chi connectivity index (χ3n) is 6.66. The largest absolute Gasteiger partial charge is 0.474 e. The van der Waals surface area contributed by atoms with Crippen molar-refractivity contribution in [2.24, 2.45) is 14.1 Å². The van der Waals surface area contributed by atoms with E-state index in [1.54, 1.807) is 19.4 Å². The Morgan fingerprint density at radius 2 is 1.71 bits per heavy atom. The molecule has 0 N–H and O–H groups in total. The van der Waals surface area contributed by atoms with Gasteiger partial charge in [-0.3, -0.25) is 13.9 Å². The lowest BCUT2D eigenvalue weighted by Gasteiger charge is -2.29. The van der Waals surface area contributed by atoms with Crippen molar-refractivity contribution in [3.8, 4) is 22.7 Å². The molecule has 3 aromatic heterocycles. The number of benzene rings is 2. The molecule has 6 rings (SSSR count). The number of ether oxygens (including phenoxy) is 1. The second-order valence-corrected chi connectivity index (χ2v) is 8.80. The maximum absolute atomic E-state index is 13.7. The fourth-order valence-corrected chi connectivity index (χ4v) is 5.00. The van der Waals surface area contributed by atoms with E-state index in [2.05, 4.69) is 4.57 Å². The second kappa shape index (κ2) is 7.12. The van der Waals surface area contributed by atoms with Gasteiger partial charge in [-0.05, 0) is 49.2 Å². The first-order valence-corrected chi connectivity index (χ1v) is 11.1. The van der Waals surface area contributed by atoms with E-state index in [0.29, 0.717) is 28.1 Å². The van der Waals surface area contributed by atoms with E-state index in [9.17, 15) is 9.59 Å². The smallest absolute Gasteiger partial charge is 0.331 e. The summed E-state index contributed by atoms with van der Waals surface area (Å²) in [5.41, 5.74) is 5.06. The van der Waals surface area contributed by atoms with E-state index in [1.165, 1.54) is 11.6 Å². The van der Waals surface area contributed by atoms with Crippen LogP contribution in [0.3, 0.4) is 0 Å². The first-order chi connectivity index (χ1) is 16.4. The Morgan fingerprint density at radius 1 is 0.912 bits per heavy atom. The summed E-state index contributed by atoms with van der Waals surface area (Å²) in [5.74, 6) is 1.27. The predicted molar refractivity (Wildman–Crippen MR) is 130 cm³/mol. The van der Waals surface area contributed by atoms with Crippen molar-refractivity contribution in [3.05, 3.63) is 104 Å². The number of hydrogen-bond acceptors (Lipinski definition) is 4. The molecule has 0 unspecified atom stereocenters. The first kappa shape index (κ1) is 20.4. The van der Waals surface area contributed by atoms with Crippen LogP contribution < -0.4 is 16.0 Å². The average Bonchev–Trinajstić information content (AvgIpc) is 3.48. The molecular formula is C27H23N3O4. The number of aryl methyl sites for hydroxylation is 3. The van der Waals surface area contributed by atoms with Crippen LogP contribution in [-0.4, -0.2) is 13.7 Å². The van der Waals surface area contributed by atoms with E-state index in [1.807, 2.05) is 62.4 Å². The molecule has 0 saturated heterocycles. The Hall–Kier alpha value is -4.26. The summed E-state index contributed by atoms with van der Waals surface area (Å²) in [7, 11) is 3.21. The van der Waals surface area contributed by atoms with E-state index < -0.39 is 11.8 Å². The van der Waals surface area contributed by atoms with Gasteiger partial charge >= 0.3 is 5.69 Å². The van der Waals surface area contributed by atoms with Crippen molar-refractivity contribution in [2.45, 2.75) is 20.0 Å². The molecule has 5 aromatic rings. The monoisotopic (exact) mass is 453 g/mol. The van der Waals surface area contributed by atoms with Crippen LogP contribution in [-0.2, 0) is 14.1 Å². The molecule has 0 fully saturated rings. The zero-order valence-electron chi connectivity index (χ0n) is 19.3. The summed E-state index contributed by atoms with van der Waals surface area (Å²) in [6, 6.07) is 17.6. The molecule has 1 aliphatic heterocycles. The SMILES string of the molecule is Cc1ccc2c(c1)-n1c(-c3ccccc3C)c3c(=O)n(C)c(=O)n(C)c3c1[C@H](c1ccco1)O2. The van der Waals surface area contributed by atoms with Gasteiger partial charge in [-0.1, -0.05) is 30.3 Å². The van der Waals surface area contributed by atoms with E-state index in [0.717, 1.165) is 32.6 Å². The van der Waals surface area contributed by atoms with Gasteiger partial charge in [0, 0.05) is 19.7 Å². The maximum Gasteiger partial charge on any atom is 0.331 e. The fourth-order valence-electron chi connectivity index (χ4n) is 5.00. The number of aromatic nitrogens is 3. The third kappa shape index (κ3) is 2.64. The zero-order chi connectivity index (χ0) is 23.7. The highest BCUT2D eigenvalue weighted by atomic mass is 16.5. The van der Waals surface area contributed by atoms with Crippen LogP contribution in [0.4, 0.5) is 0 Å². The molecule has 0 radical (unpaired) electrons. The maximum atomic E-state index is 13.7. The molecule has 0 saturated carbocycles. The van der Waals surface area contributed by atoms with Gasteiger partial charge in [-0.2, -0.15) is 0 Å². The van der Waals surface area contributed by atoms with Crippen LogP contribution in [0.5, 0.6) is 5.75 Å². The minimum atomic E-state index is -0.636. The highest BCUT2D eigenvalue weighted by molar-refractivity contribution is 5.98. The van der Waals surface area contributed by atoms with Crippen molar-refractivity contribution in [2.75, 3.05) is 0 Å². The number of fused-ring (bicyclic) bond motifs is 5. The van der Waals surface area contributed by atoms with E-state index in [4.69, 9.17) is 9.15 Å². The summed E-state index contributed by atoms with van der Waals surface area (Å²) >= 11 is 0. The van der Waals surface area contributed by atoms with Crippen molar-refractivity contribution in [1.82, 2.24) is 13.7 Å². The molecule has 4 heterocycles. The Kier molecular flexibility index (Phi) is 4.26. The van der Waals surface area contributed by atoms with Crippen molar-refractivity contribution >= 4 is 10.9 Å². The molecule has 7 nitrogen and oxygen atoms in total. The van der Waals surface area contributed by atoms with Gasteiger partial charge < -0.3 is 13.7 Å². The van der Waals surface area contributed by atoms with Crippen LogP contribution >= 0.6 is 0 Å². The molecule has 2 aromatic carbocycles. The van der Waals surface area contributed by atoms with Gasteiger partial charge in [0.25, 0.3) is 5.56 Å². The van der Waals surface area contributed by atoms with Crippen molar-refractivity contribution < 1.29 is 9.15 Å². The van der Waals surface area contributed by atoms with Gasteiger partial charge in [-0.25, -0.2) is 4.79 Å². The normalized spacial score (nSPS) is 14.6. The average molecular weight is 453 g/mol. The topological polar surface area (TPSA) is 71.3 Å². The molecule has 1 atom stereocenters. The predicted octanol–water partition coefficient (Wildman–Crippen LogP) is 4.39. The number of hydrogen-bond donors (Lipinski definition) is 0. The first-order valence-electron chi connectivity index (χ1n) is 11.1. The number of nitrogens with zero attached hydrogens (tertiary/aromatic N) is 3. The Labute approximate surface area is 195 Å². The Morgan fingerprint density at radius 3 is 2.44 bits per heavy atom. The van der Waals surface area contributed by atoms with Crippen molar-refractivity contribution in [1.29, 1.82) is 0 Å². The highest BCUT2D eigenvalue weighted by Crippen LogP contribution is 2.47. The lowest BCUT2D eigenvalue weighted by molar-refractivity contribution is 0.199. The lowest BCUT2D eigenvalue weighted by Crippen LogP contribution is -2.37. The molecule has 1 aliphatic rings. The van der Waals surface area contributed by atoms with Crippen molar-refractivity contribution in [3.63, 3.8) is 0 Å².